The van der Waals surface area contributed by atoms with E-state index in [2.05, 4.69) is 10.3 Å². The number of nitrogens with one attached hydrogen (secondary N) is 1. The van der Waals surface area contributed by atoms with Crippen molar-refractivity contribution in [2.24, 2.45) is 0 Å². The fourth-order valence-corrected chi connectivity index (χ4v) is 3.82. The predicted molar refractivity (Wildman–Crippen MR) is 108 cm³/mol. The molecule has 28 heavy (non-hydrogen) atoms. The molecule has 1 aliphatic rings. The first kappa shape index (κ1) is 18.3. The molecule has 1 aliphatic heterocycles. The number of aromatic nitrogens is 1. The minimum atomic E-state index is -0.818. The number of carbonyl (C=O) groups is 2. The molecule has 4 rings (SSSR count). The summed E-state index contributed by atoms with van der Waals surface area (Å²) in [6.45, 7) is 0. The van der Waals surface area contributed by atoms with Crippen LogP contribution in [0.3, 0.4) is 0 Å². The number of rotatable bonds is 5. The molecule has 1 atom stereocenters. The van der Waals surface area contributed by atoms with E-state index in [4.69, 9.17) is 4.74 Å². The lowest BCUT2D eigenvalue weighted by atomic mass is 9.98. The molecule has 0 radical (unpaired) electrons. The highest BCUT2D eigenvalue weighted by Crippen LogP contribution is 2.25. The molecule has 0 fully saturated rings. The Balaban J connectivity index is 1.35. The molecule has 5 nitrogen and oxygen atoms in total. The van der Waals surface area contributed by atoms with Crippen molar-refractivity contribution < 1.29 is 14.3 Å². The Bertz CT molecular complexity index is 990. The summed E-state index contributed by atoms with van der Waals surface area (Å²) in [4.78, 5) is 29.8. The molecule has 3 aromatic rings. The molecule has 0 aliphatic carbocycles. The minimum absolute atomic E-state index is 0.321. The first-order valence-electron chi connectivity index (χ1n) is 8.90. The molecule has 2 heterocycles. The highest BCUT2D eigenvalue weighted by molar-refractivity contribution is 7.98. The van der Waals surface area contributed by atoms with Gasteiger partial charge in [0, 0.05) is 35.2 Å². The van der Waals surface area contributed by atoms with Gasteiger partial charge < -0.3 is 10.1 Å². The molecule has 0 spiro atoms. The van der Waals surface area contributed by atoms with Gasteiger partial charge in [0.05, 0.1) is 5.56 Å². The fraction of sp³-hybridized carbons (Fsp3) is 0.136. The van der Waals surface area contributed by atoms with Crippen LogP contribution in [0.2, 0.25) is 0 Å². The monoisotopic (exact) mass is 390 g/mol. The quantitative estimate of drug-likeness (QED) is 0.525. The summed E-state index contributed by atoms with van der Waals surface area (Å²) in [5.41, 5.74) is 3.19. The Kier molecular flexibility index (Phi) is 5.39. The number of hydrogen-bond acceptors (Lipinski definition) is 5. The first-order valence-corrected chi connectivity index (χ1v) is 9.89. The normalized spacial score (nSPS) is 15.4. The van der Waals surface area contributed by atoms with Gasteiger partial charge in [-0.3, -0.25) is 9.78 Å². The van der Waals surface area contributed by atoms with Crippen molar-refractivity contribution in [2.45, 2.75) is 23.2 Å². The summed E-state index contributed by atoms with van der Waals surface area (Å²) in [6, 6.07) is 18.8. The summed E-state index contributed by atoms with van der Waals surface area (Å²) >= 11 is 1.70. The van der Waals surface area contributed by atoms with Crippen molar-refractivity contribution in [3.63, 3.8) is 0 Å². The number of carbonyl (C=O) groups excluding carboxylic acids is 2. The van der Waals surface area contributed by atoms with Gasteiger partial charge in [-0.1, -0.05) is 24.3 Å². The number of thioether (sulfide) groups is 1. The van der Waals surface area contributed by atoms with Gasteiger partial charge in [0.2, 0.25) is 0 Å². The minimum Gasteiger partial charge on any atom is -0.448 e. The number of ether oxygens (including phenoxy) is 1. The van der Waals surface area contributed by atoms with Crippen molar-refractivity contribution in [3.8, 4) is 0 Å². The van der Waals surface area contributed by atoms with E-state index >= 15 is 0 Å². The van der Waals surface area contributed by atoms with Gasteiger partial charge in [-0.2, -0.15) is 0 Å². The zero-order valence-electron chi connectivity index (χ0n) is 15.0. The Morgan fingerprint density at radius 2 is 1.93 bits per heavy atom. The van der Waals surface area contributed by atoms with E-state index in [1.54, 1.807) is 30.1 Å². The lowest BCUT2D eigenvalue weighted by molar-refractivity contribution is -0.125. The summed E-state index contributed by atoms with van der Waals surface area (Å²) in [5, 5.41) is 2.83. The van der Waals surface area contributed by atoms with E-state index in [0.717, 1.165) is 21.8 Å². The third-order valence-corrected chi connectivity index (χ3v) is 5.52. The summed E-state index contributed by atoms with van der Waals surface area (Å²) in [6.07, 6.45) is 3.17. The second-order valence-corrected chi connectivity index (χ2v) is 7.47. The molecule has 1 aromatic heterocycles. The maximum absolute atomic E-state index is 12.5. The Morgan fingerprint density at radius 3 is 2.71 bits per heavy atom. The summed E-state index contributed by atoms with van der Waals surface area (Å²) in [5.74, 6) is 0.0551. The zero-order chi connectivity index (χ0) is 19.3. The maximum Gasteiger partial charge on any atom is 0.339 e. The smallest absolute Gasteiger partial charge is 0.339 e. The van der Waals surface area contributed by atoms with Crippen molar-refractivity contribution in [1.82, 2.24) is 4.98 Å². The van der Waals surface area contributed by atoms with Gasteiger partial charge in [-0.25, -0.2) is 4.79 Å². The number of pyridine rings is 1. The number of esters is 1. The largest absolute Gasteiger partial charge is 0.448 e. The summed E-state index contributed by atoms with van der Waals surface area (Å²) in [7, 11) is 0. The van der Waals surface area contributed by atoms with Crippen LogP contribution in [0, 0.1) is 0 Å². The molecule has 1 amide bonds. The molecule has 0 saturated heterocycles. The molecule has 1 N–H and O–H groups in total. The number of anilines is 1. The van der Waals surface area contributed by atoms with Crippen LogP contribution in [0.4, 0.5) is 5.69 Å². The second-order valence-electron chi connectivity index (χ2n) is 6.42. The number of amides is 1. The fourth-order valence-electron chi connectivity index (χ4n) is 2.99. The molecule has 6 heteroatoms. The van der Waals surface area contributed by atoms with Gasteiger partial charge in [0.1, 0.15) is 0 Å². The molecular weight excluding hydrogens is 372 g/mol. The van der Waals surface area contributed by atoms with Crippen LogP contribution in [-0.2, 0) is 21.7 Å². The van der Waals surface area contributed by atoms with Crippen molar-refractivity contribution in [1.29, 1.82) is 0 Å². The topological polar surface area (TPSA) is 68.3 Å². The SMILES string of the molecule is O=C1OC(C(=O)Nc2ccc(SCc3cccnc3)cc2)Cc2ccccc21. The number of nitrogens with zero attached hydrogens (tertiary/aromatic N) is 1. The zero-order valence-corrected chi connectivity index (χ0v) is 15.8. The van der Waals surface area contributed by atoms with E-state index in [9.17, 15) is 9.59 Å². The molecule has 0 saturated carbocycles. The Hall–Kier alpha value is -3.12. The lowest BCUT2D eigenvalue weighted by Gasteiger charge is -2.23. The van der Waals surface area contributed by atoms with E-state index in [0.29, 0.717) is 17.7 Å². The molecular formula is C22H18N2O3S. The highest BCUT2D eigenvalue weighted by Gasteiger charge is 2.31. The second kappa shape index (κ2) is 8.27. The van der Waals surface area contributed by atoms with E-state index in [1.807, 2.05) is 54.7 Å². The standard InChI is InChI=1S/C22H18N2O3S/c25-21(20-12-16-5-1-2-6-19(16)22(26)27-20)24-17-7-9-18(10-8-17)28-14-15-4-3-11-23-13-15/h1-11,13,20H,12,14H2,(H,24,25). The number of benzene rings is 2. The van der Waals surface area contributed by atoms with Gasteiger partial charge in [0.25, 0.3) is 5.91 Å². The number of cyclic esters (lactones) is 1. The van der Waals surface area contributed by atoms with Crippen molar-refractivity contribution in [2.75, 3.05) is 5.32 Å². The molecule has 0 bridgehead atoms. The first-order chi connectivity index (χ1) is 13.7. The van der Waals surface area contributed by atoms with Crippen LogP contribution in [0.25, 0.3) is 0 Å². The lowest BCUT2D eigenvalue weighted by Crippen LogP contribution is -2.37. The average Bonchev–Trinajstić information content (AvgIpc) is 2.74. The Morgan fingerprint density at radius 1 is 1.11 bits per heavy atom. The van der Waals surface area contributed by atoms with Gasteiger partial charge in [0.15, 0.2) is 6.10 Å². The predicted octanol–water partition coefficient (Wildman–Crippen LogP) is 4.09. The summed E-state index contributed by atoms with van der Waals surface area (Å²) < 4.78 is 5.30. The van der Waals surface area contributed by atoms with Crippen molar-refractivity contribution in [3.05, 3.63) is 89.7 Å². The van der Waals surface area contributed by atoms with Crippen LogP contribution < -0.4 is 5.32 Å². The van der Waals surface area contributed by atoms with Gasteiger partial charge >= 0.3 is 5.97 Å². The molecule has 1 unspecified atom stereocenters. The van der Waals surface area contributed by atoms with Crippen LogP contribution >= 0.6 is 11.8 Å². The Labute approximate surface area is 167 Å². The van der Waals surface area contributed by atoms with E-state index < -0.39 is 12.1 Å². The van der Waals surface area contributed by atoms with E-state index in [-0.39, 0.29) is 5.91 Å². The van der Waals surface area contributed by atoms with Crippen LogP contribution in [0.1, 0.15) is 21.5 Å². The third-order valence-electron chi connectivity index (χ3n) is 4.43. The highest BCUT2D eigenvalue weighted by atomic mass is 32.2. The van der Waals surface area contributed by atoms with Gasteiger partial charge in [-0.05, 0) is 47.5 Å². The van der Waals surface area contributed by atoms with Crippen LogP contribution in [0.5, 0.6) is 0 Å². The van der Waals surface area contributed by atoms with E-state index in [1.165, 1.54) is 0 Å². The average molecular weight is 390 g/mol. The van der Waals surface area contributed by atoms with Gasteiger partial charge in [-0.15, -0.1) is 11.8 Å². The number of hydrogen-bond donors (Lipinski definition) is 1. The van der Waals surface area contributed by atoms with Crippen molar-refractivity contribution >= 4 is 29.3 Å². The number of fused-ring (bicyclic) bond motifs is 1. The maximum atomic E-state index is 12.5. The molecule has 2 aromatic carbocycles. The van der Waals surface area contributed by atoms with Crippen LogP contribution in [-0.4, -0.2) is 23.0 Å². The third kappa shape index (κ3) is 4.23. The van der Waals surface area contributed by atoms with Crippen LogP contribution in [0.15, 0.2) is 78.0 Å². The molecule has 140 valence electrons.